The van der Waals surface area contributed by atoms with E-state index in [9.17, 15) is 4.79 Å². The van der Waals surface area contributed by atoms with Gasteiger partial charge in [-0.05, 0) is 19.8 Å². The maximum absolute atomic E-state index is 10.7. The Bertz CT molecular complexity index is 108. The number of carbonyl (C=O) groups is 1. The second-order valence-electron chi connectivity index (χ2n) is 2.16. The van der Waals surface area contributed by atoms with Crippen molar-refractivity contribution in [1.82, 2.24) is 0 Å². The summed E-state index contributed by atoms with van der Waals surface area (Å²) in [4.78, 5) is 10.7. The lowest BCUT2D eigenvalue weighted by Crippen LogP contribution is -2.16. The molecule has 0 saturated carbocycles. The minimum absolute atomic E-state index is 0.0116. The molecule has 0 heterocycles. The number of carbonyl (C=O) groups excluding carboxylic acids is 1. The predicted molar refractivity (Wildman–Crippen MR) is 41.9 cm³/mol. The third-order valence-electron chi connectivity index (χ3n) is 1.39. The quantitative estimate of drug-likeness (QED) is 0.591. The third-order valence-corrected chi connectivity index (χ3v) is 1.39. The first-order valence-corrected chi connectivity index (χ1v) is 3.89. The van der Waals surface area contributed by atoms with Crippen molar-refractivity contribution in [3.8, 4) is 0 Å². The molecule has 0 amide bonds. The zero-order chi connectivity index (χ0) is 8.69. The van der Waals surface area contributed by atoms with Crippen LogP contribution in [0.4, 0.5) is 4.79 Å². The van der Waals surface area contributed by atoms with Gasteiger partial charge in [0.2, 0.25) is 0 Å². The molecule has 0 bridgehead atoms. The summed E-state index contributed by atoms with van der Waals surface area (Å²) in [5.74, 6) is 0. The van der Waals surface area contributed by atoms with Gasteiger partial charge in [-0.1, -0.05) is 13.8 Å². The summed E-state index contributed by atoms with van der Waals surface area (Å²) < 4.78 is 9.39. The van der Waals surface area contributed by atoms with Crippen molar-refractivity contribution >= 4 is 6.16 Å². The molecule has 0 aliphatic carbocycles. The molecule has 0 aliphatic rings. The molecule has 0 rings (SSSR count). The highest BCUT2D eigenvalue weighted by molar-refractivity contribution is 5.60. The van der Waals surface area contributed by atoms with E-state index in [1.165, 1.54) is 6.61 Å². The summed E-state index contributed by atoms with van der Waals surface area (Å²) in [7, 11) is 0. The molecule has 0 aromatic rings. The second kappa shape index (κ2) is 6.01. The number of ether oxygens (including phenoxy) is 2. The Kier molecular flexibility index (Phi) is 5.61. The summed E-state index contributed by atoms with van der Waals surface area (Å²) >= 11 is 0. The molecule has 65 valence electrons. The Balaban J connectivity index is 3.54. The molecule has 1 radical (unpaired) electrons. The minimum Gasteiger partial charge on any atom is -0.431 e. The van der Waals surface area contributed by atoms with Gasteiger partial charge in [-0.15, -0.1) is 0 Å². The van der Waals surface area contributed by atoms with E-state index in [2.05, 4.69) is 4.74 Å². The lowest BCUT2D eigenvalue weighted by molar-refractivity contribution is 0.0360. The first-order valence-electron chi connectivity index (χ1n) is 3.89. The van der Waals surface area contributed by atoms with Crippen LogP contribution < -0.4 is 0 Å². The topological polar surface area (TPSA) is 35.5 Å². The third kappa shape index (κ3) is 4.65. The summed E-state index contributed by atoms with van der Waals surface area (Å²) in [6, 6.07) is 0. The van der Waals surface area contributed by atoms with Crippen molar-refractivity contribution < 1.29 is 14.3 Å². The highest BCUT2D eigenvalue weighted by Gasteiger charge is 2.10. The van der Waals surface area contributed by atoms with Gasteiger partial charge in [-0.25, -0.2) is 4.79 Å². The largest absolute Gasteiger partial charge is 0.508 e. The Morgan fingerprint density at radius 2 is 2.00 bits per heavy atom. The average molecular weight is 159 g/mol. The van der Waals surface area contributed by atoms with Crippen LogP contribution in [0.5, 0.6) is 0 Å². The molecule has 0 aromatic heterocycles. The van der Waals surface area contributed by atoms with E-state index in [4.69, 9.17) is 4.74 Å². The Morgan fingerprint density at radius 3 is 2.36 bits per heavy atom. The summed E-state index contributed by atoms with van der Waals surface area (Å²) in [6.45, 7) is 6.88. The van der Waals surface area contributed by atoms with Crippen LogP contribution in [0.15, 0.2) is 0 Å². The number of rotatable bonds is 4. The normalized spacial score (nSPS) is 9.82. The van der Waals surface area contributed by atoms with Crippen molar-refractivity contribution in [2.45, 2.75) is 39.7 Å². The van der Waals surface area contributed by atoms with Gasteiger partial charge in [0.1, 0.15) is 12.7 Å². The van der Waals surface area contributed by atoms with Crippen molar-refractivity contribution in [2.75, 3.05) is 0 Å². The SMILES string of the molecule is C[CH]OC(=O)OC(CC)CC. The zero-order valence-electron chi connectivity index (χ0n) is 7.29. The Morgan fingerprint density at radius 1 is 1.45 bits per heavy atom. The van der Waals surface area contributed by atoms with Crippen molar-refractivity contribution in [2.24, 2.45) is 0 Å². The van der Waals surface area contributed by atoms with Gasteiger partial charge < -0.3 is 9.47 Å². The monoisotopic (exact) mass is 159 g/mol. The zero-order valence-corrected chi connectivity index (χ0v) is 7.29. The Hall–Kier alpha value is -0.730. The van der Waals surface area contributed by atoms with Crippen molar-refractivity contribution in [1.29, 1.82) is 0 Å². The van der Waals surface area contributed by atoms with Gasteiger partial charge in [-0.3, -0.25) is 0 Å². The predicted octanol–water partition coefficient (Wildman–Crippen LogP) is 2.51. The van der Waals surface area contributed by atoms with Crippen LogP contribution >= 0.6 is 0 Å². The molecule has 0 aromatic carbocycles. The molecule has 11 heavy (non-hydrogen) atoms. The number of hydrogen-bond donors (Lipinski definition) is 0. The fourth-order valence-electron chi connectivity index (χ4n) is 0.715. The lowest BCUT2D eigenvalue weighted by Gasteiger charge is -2.12. The summed E-state index contributed by atoms with van der Waals surface area (Å²) in [5, 5.41) is 0. The number of hydrogen-bond acceptors (Lipinski definition) is 3. The molecule has 0 aliphatic heterocycles. The van der Waals surface area contributed by atoms with Crippen molar-refractivity contribution in [3.63, 3.8) is 0 Å². The average Bonchev–Trinajstić information content (AvgIpc) is 2.01. The molecule has 3 nitrogen and oxygen atoms in total. The summed E-state index contributed by atoms with van der Waals surface area (Å²) in [5.41, 5.74) is 0. The molecular weight excluding hydrogens is 144 g/mol. The smallest absolute Gasteiger partial charge is 0.431 e. The van der Waals surface area contributed by atoms with Gasteiger partial charge in [-0.2, -0.15) is 0 Å². The van der Waals surface area contributed by atoms with Gasteiger partial charge in [0.15, 0.2) is 0 Å². The highest BCUT2D eigenvalue weighted by Crippen LogP contribution is 2.04. The van der Waals surface area contributed by atoms with E-state index >= 15 is 0 Å². The molecule has 0 saturated heterocycles. The fourth-order valence-corrected chi connectivity index (χ4v) is 0.715. The van der Waals surface area contributed by atoms with Gasteiger partial charge in [0.05, 0.1) is 0 Å². The van der Waals surface area contributed by atoms with E-state index in [0.717, 1.165) is 12.8 Å². The molecule has 0 atom stereocenters. The van der Waals surface area contributed by atoms with E-state index in [1.807, 2.05) is 13.8 Å². The summed E-state index contributed by atoms with van der Waals surface area (Å²) in [6.07, 6.45) is 1.04. The fraction of sp³-hybridized carbons (Fsp3) is 0.750. The first-order chi connectivity index (χ1) is 5.24. The van der Waals surface area contributed by atoms with Gasteiger partial charge in [0.25, 0.3) is 0 Å². The van der Waals surface area contributed by atoms with Crippen LogP contribution in [0.2, 0.25) is 0 Å². The molecular formula is C8H15O3. The van der Waals surface area contributed by atoms with E-state index in [-0.39, 0.29) is 6.10 Å². The minimum atomic E-state index is -0.610. The standard InChI is InChI=1S/C8H15O3/c1-4-7(5-2)11-8(9)10-6-3/h6-7H,4-5H2,1-3H3. The van der Waals surface area contributed by atoms with Crippen LogP contribution in [0.3, 0.4) is 0 Å². The molecule has 0 unspecified atom stereocenters. The van der Waals surface area contributed by atoms with Crippen LogP contribution in [0.1, 0.15) is 33.6 Å². The maximum atomic E-state index is 10.7. The van der Waals surface area contributed by atoms with E-state index < -0.39 is 6.16 Å². The Labute approximate surface area is 67.7 Å². The first kappa shape index (κ1) is 10.3. The molecule has 0 fully saturated rings. The van der Waals surface area contributed by atoms with Gasteiger partial charge in [0, 0.05) is 0 Å². The van der Waals surface area contributed by atoms with Crippen molar-refractivity contribution in [3.05, 3.63) is 6.61 Å². The van der Waals surface area contributed by atoms with Gasteiger partial charge >= 0.3 is 6.16 Å². The molecule has 3 heteroatoms. The van der Waals surface area contributed by atoms with E-state index in [1.54, 1.807) is 6.92 Å². The van der Waals surface area contributed by atoms with Crippen LogP contribution in [0.25, 0.3) is 0 Å². The molecule has 0 N–H and O–H groups in total. The second-order valence-corrected chi connectivity index (χ2v) is 2.16. The highest BCUT2D eigenvalue weighted by atomic mass is 16.7. The van der Waals surface area contributed by atoms with Crippen LogP contribution in [-0.2, 0) is 9.47 Å². The molecule has 0 spiro atoms. The van der Waals surface area contributed by atoms with Crippen LogP contribution in [0, 0.1) is 6.61 Å². The lowest BCUT2D eigenvalue weighted by atomic mass is 10.2. The maximum Gasteiger partial charge on any atom is 0.508 e. The van der Waals surface area contributed by atoms with E-state index in [0.29, 0.717) is 0 Å². The van der Waals surface area contributed by atoms with Crippen LogP contribution in [-0.4, -0.2) is 12.3 Å².